The molecule has 0 unspecified atom stereocenters. The second-order valence-corrected chi connectivity index (χ2v) is 8.97. The molecule has 32 heavy (non-hydrogen) atoms. The number of carbonyl (C=O) groups is 2. The van der Waals surface area contributed by atoms with Crippen molar-refractivity contribution in [2.45, 2.75) is 58.7 Å². The first-order chi connectivity index (χ1) is 15.5. The van der Waals surface area contributed by atoms with Crippen molar-refractivity contribution in [1.82, 2.24) is 24.7 Å². The molecule has 2 saturated heterocycles. The molecule has 0 saturated carbocycles. The summed E-state index contributed by atoms with van der Waals surface area (Å²) in [5.74, 6) is 0.183. The van der Waals surface area contributed by atoms with E-state index in [9.17, 15) is 9.59 Å². The van der Waals surface area contributed by atoms with E-state index in [-0.39, 0.29) is 18.4 Å². The van der Waals surface area contributed by atoms with Gasteiger partial charge in [-0.25, -0.2) is 0 Å². The maximum Gasteiger partial charge on any atom is 0.242 e. The predicted molar refractivity (Wildman–Crippen MR) is 123 cm³/mol. The normalized spacial score (nSPS) is 17.4. The van der Waals surface area contributed by atoms with Gasteiger partial charge < -0.3 is 9.80 Å². The Labute approximate surface area is 190 Å². The number of rotatable bonds is 7. The van der Waals surface area contributed by atoms with Crippen molar-refractivity contribution in [3.05, 3.63) is 59.2 Å². The second kappa shape index (κ2) is 10.2. The Hall–Kier alpha value is -2.80. The lowest BCUT2D eigenvalue weighted by Crippen LogP contribution is -2.49. The molecule has 4 heterocycles. The molecule has 7 heteroatoms. The third-order valence-electron chi connectivity index (χ3n) is 6.77. The average Bonchev–Trinajstić information content (AvgIpc) is 3.20. The molecule has 4 rings (SSSR count). The van der Waals surface area contributed by atoms with Gasteiger partial charge in [-0.3, -0.25) is 24.5 Å². The number of hydrogen-bond acceptors (Lipinski definition) is 5. The number of nitrogens with zero attached hydrogens (tertiary/aromatic N) is 5. The molecular weight excluding hydrogens is 402 g/mol. The van der Waals surface area contributed by atoms with Crippen molar-refractivity contribution in [3.63, 3.8) is 0 Å². The van der Waals surface area contributed by atoms with Crippen molar-refractivity contribution in [2.75, 3.05) is 26.2 Å². The average molecular weight is 436 g/mol. The van der Waals surface area contributed by atoms with Crippen molar-refractivity contribution in [1.29, 1.82) is 0 Å². The summed E-state index contributed by atoms with van der Waals surface area (Å²) >= 11 is 0. The van der Waals surface area contributed by atoms with Crippen molar-refractivity contribution in [3.8, 4) is 0 Å². The monoisotopic (exact) mass is 435 g/mol. The Bertz CT molecular complexity index is 907. The number of aryl methyl sites for hydroxylation is 2. The van der Waals surface area contributed by atoms with E-state index in [2.05, 4.69) is 40.8 Å². The molecular formula is C25H33N5O2. The second-order valence-electron chi connectivity index (χ2n) is 8.97. The van der Waals surface area contributed by atoms with Crippen LogP contribution >= 0.6 is 0 Å². The number of piperidine rings is 1. The van der Waals surface area contributed by atoms with Crippen molar-refractivity contribution in [2.24, 2.45) is 0 Å². The number of aromatic nitrogens is 2. The number of amides is 2. The first-order valence-corrected chi connectivity index (χ1v) is 11.6. The van der Waals surface area contributed by atoms with Crippen LogP contribution in [0.1, 0.15) is 48.2 Å². The maximum atomic E-state index is 12.7. The fraction of sp³-hybridized carbons (Fsp3) is 0.520. The lowest BCUT2D eigenvalue weighted by molar-refractivity contribution is -0.139. The minimum Gasteiger partial charge on any atom is -0.341 e. The predicted octanol–water partition coefficient (Wildman–Crippen LogP) is 2.71. The standard InChI is InChI=1S/C25H33N5O2/c1-19-6-3-11-26-22(19)16-30(17-23-20(2)7-4-12-27-23)21-9-14-28(15-10-21)25(32)18-29-13-5-8-24(29)31/h3-4,6-7,11-12,21H,5,8-10,13-18H2,1-2H3. The molecule has 2 fully saturated rings. The first-order valence-electron chi connectivity index (χ1n) is 11.6. The highest BCUT2D eigenvalue weighted by molar-refractivity contribution is 5.85. The summed E-state index contributed by atoms with van der Waals surface area (Å²) in [4.78, 5) is 40.0. The zero-order chi connectivity index (χ0) is 22.5. The lowest BCUT2D eigenvalue weighted by Gasteiger charge is -2.39. The molecule has 2 aromatic rings. The summed E-state index contributed by atoms with van der Waals surface area (Å²) < 4.78 is 0. The molecule has 170 valence electrons. The molecule has 0 N–H and O–H groups in total. The molecule has 0 aliphatic carbocycles. The zero-order valence-corrected chi connectivity index (χ0v) is 19.2. The number of likely N-dealkylation sites (tertiary alicyclic amines) is 2. The Morgan fingerprint density at radius 2 is 1.59 bits per heavy atom. The SMILES string of the molecule is Cc1cccnc1CN(Cc1ncccc1C)C1CCN(C(=O)CN2CCCC2=O)CC1. The first kappa shape index (κ1) is 22.4. The van der Waals surface area contributed by atoms with Crippen LogP contribution < -0.4 is 0 Å². The van der Waals surface area contributed by atoms with Crippen LogP contribution in [0.4, 0.5) is 0 Å². The molecule has 2 amide bonds. The minimum atomic E-state index is 0.0754. The largest absolute Gasteiger partial charge is 0.341 e. The van der Waals surface area contributed by atoms with Crippen LogP contribution in [0.2, 0.25) is 0 Å². The quantitative estimate of drug-likeness (QED) is 0.669. The summed E-state index contributed by atoms with van der Waals surface area (Å²) in [6, 6.07) is 8.51. The van der Waals surface area contributed by atoms with E-state index in [1.807, 2.05) is 29.4 Å². The number of carbonyl (C=O) groups excluding carboxylic acids is 2. The number of pyridine rings is 2. The van der Waals surface area contributed by atoms with Gasteiger partial charge in [0.15, 0.2) is 0 Å². The van der Waals surface area contributed by atoms with Gasteiger partial charge in [0.05, 0.1) is 17.9 Å². The van der Waals surface area contributed by atoms with Gasteiger partial charge in [0.25, 0.3) is 0 Å². The Balaban J connectivity index is 1.42. The van der Waals surface area contributed by atoms with E-state index in [0.717, 1.165) is 56.8 Å². The van der Waals surface area contributed by atoms with E-state index >= 15 is 0 Å². The molecule has 2 aliphatic heterocycles. The van der Waals surface area contributed by atoms with Crippen LogP contribution in [0.5, 0.6) is 0 Å². The third kappa shape index (κ3) is 5.33. The highest BCUT2D eigenvalue weighted by Crippen LogP contribution is 2.23. The fourth-order valence-corrected chi connectivity index (χ4v) is 4.68. The zero-order valence-electron chi connectivity index (χ0n) is 19.2. The van der Waals surface area contributed by atoms with Crippen LogP contribution in [0.3, 0.4) is 0 Å². The van der Waals surface area contributed by atoms with Gasteiger partial charge in [-0.15, -0.1) is 0 Å². The summed E-state index contributed by atoms with van der Waals surface area (Å²) in [5, 5.41) is 0. The fourth-order valence-electron chi connectivity index (χ4n) is 4.68. The highest BCUT2D eigenvalue weighted by atomic mass is 16.2. The van der Waals surface area contributed by atoms with Crippen LogP contribution in [0, 0.1) is 13.8 Å². The van der Waals surface area contributed by atoms with Crippen molar-refractivity contribution < 1.29 is 9.59 Å². The molecule has 0 atom stereocenters. The summed E-state index contributed by atoms with van der Waals surface area (Å²) in [7, 11) is 0. The molecule has 2 aliphatic rings. The Morgan fingerprint density at radius 3 is 2.09 bits per heavy atom. The highest BCUT2D eigenvalue weighted by Gasteiger charge is 2.30. The summed E-state index contributed by atoms with van der Waals surface area (Å²) in [6.07, 6.45) is 6.98. The molecule has 0 radical (unpaired) electrons. The van der Waals surface area contributed by atoms with Gasteiger partial charge in [-0.2, -0.15) is 0 Å². The van der Waals surface area contributed by atoms with E-state index in [0.29, 0.717) is 19.0 Å². The Morgan fingerprint density at radius 1 is 1.00 bits per heavy atom. The van der Waals surface area contributed by atoms with Gasteiger partial charge in [0, 0.05) is 57.6 Å². The van der Waals surface area contributed by atoms with Gasteiger partial charge in [-0.05, 0) is 56.4 Å². The van der Waals surface area contributed by atoms with Gasteiger partial charge >= 0.3 is 0 Å². The van der Waals surface area contributed by atoms with E-state index in [4.69, 9.17) is 0 Å². The van der Waals surface area contributed by atoms with Gasteiger partial charge in [0.1, 0.15) is 0 Å². The lowest BCUT2D eigenvalue weighted by atomic mass is 10.0. The van der Waals surface area contributed by atoms with Crippen LogP contribution in [-0.4, -0.2) is 68.7 Å². The van der Waals surface area contributed by atoms with E-state index in [1.54, 1.807) is 4.90 Å². The van der Waals surface area contributed by atoms with Crippen LogP contribution in [0.15, 0.2) is 36.7 Å². The molecule has 0 spiro atoms. The molecule has 0 bridgehead atoms. The van der Waals surface area contributed by atoms with Gasteiger partial charge in [0.2, 0.25) is 11.8 Å². The Kier molecular flexibility index (Phi) is 7.15. The maximum absolute atomic E-state index is 12.7. The van der Waals surface area contributed by atoms with Crippen LogP contribution in [0.25, 0.3) is 0 Å². The van der Waals surface area contributed by atoms with E-state index < -0.39 is 0 Å². The topological polar surface area (TPSA) is 69.6 Å². The molecule has 2 aromatic heterocycles. The summed E-state index contributed by atoms with van der Waals surface area (Å²) in [6.45, 7) is 8.14. The molecule has 0 aromatic carbocycles. The number of hydrogen-bond donors (Lipinski definition) is 0. The molecule has 7 nitrogen and oxygen atoms in total. The summed E-state index contributed by atoms with van der Waals surface area (Å²) in [5.41, 5.74) is 4.57. The third-order valence-corrected chi connectivity index (χ3v) is 6.77. The van der Waals surface area contributed by atoms with Gasteiger partial charge in [-0.1, -0.05) is 12.1 Å². The van der Waals surface area contributed by atoms with E-state index in [1.165, 1.54) is 11.1 Å². The van der Waals surface area contributed by atoms with Crippen molar-refractivity contribution >= 4 is 11.8 Å². The van der Waals surface area contributed by atoms with Crippen LogP contribution in [-0.2, 0) is 22.7 Å². The minimum absolute atomic E-state index is 0.0754. The smallest absolute Gasteiger partial charge is 0.242 e.